The molecule has 0 spiro atoms. The highest BCUT2D eigenvalue weighted by Gasteiger charge is 2.42. The van der Waals surface area contributed by atoms with Gasteiger partial charge in [0.25, 0.3) is 0 Å². The van der Waals surface area contributed by atoms with Crippen LogP contribution >= 0.6 is 0 Å². The molecule has 3 rings (SSSR count). The molecular formula is C14H24N4. The van der Waals surface area contributed by atoms with E-state index in [1.807, 2.05) is 11.7 Å². The van der Waals surface area contributed by atoms with Gasteiger partial charge < -0.3 is 5.32 Å². The molecule has 1 aromatic rings. The van der Waals surface area contributed by atoms with Crippen molar-refractivity contribution in [2.75, 3.05) is 19.6 Å². The highest BCUT2D eigenvalue weighted by Crippen LogP contribution is 2.35. The smallest absolute Gasteiger partial charge is 0.0638 e. The summed E-state index contributed by atoms with van der Waals surface area (Å²) in [6.07, 6.45) is 3.44. The van der Waals surface area contributed by atoms with Gasteiger partial charge in [0.05, 0.1) is 5.69 Å². The van der Waals surface area contributed by atoms with Gasteiger partial charge in [-0.3, -0.25) is 9.58 Å². The fraction of sp³-hybridized carbons (Fsp3) is 0.786. The second-order valence-electron chi connectivity index (χ2n) is 5.90. The summed E-state index contributed by atoms with van der Waals surface area (Å²) in [5.74, 6) is 1.74. The third-order valence-corrected chi connectivity index (χ3v) is 4.73. The summed E-state index contributed by atoms with van der Waals surface area (Å²) in [6, 6.07) is 0.754. The third-order valence-electron chi connectivity index (χ3n) is 4.73. The van der Waals surface area contributed by atoms with Crippen molar-refractivity contribution in [1.29, 1.82) is 0 Å². The molecule has 1 aromatic heterocycles. The Bertz CT molecular complexity index is 425. The lowest BCUT2D eigenvalue weighted by Gasteiger charge is -2.26. The molecule has 4 nitrogen and oxygen atoms in total. The molecule has 0 radical (unpaired) electrons. The first-order chi connectivity index (χ1) is 8.69. The quantitative estimate of drug-likeness (QED) is 0.871. The van der Waals surface area contributed by atoms with E-state index in [0.717, 1.165) is 24.4 Å². The minimum Gasteiger partial charge on any atom is -0.316 e. The summed E-state index contributed by atoms with van der Waals surface area (Å²) in [6.45, 7) is 9.20. The fourth-order valence-electron chi connectivity index (χ4n) is 3.88. The van der Waals surface area contributed by atoms with E-state index in [9.17, 15) is 0 Å². The Morgan fingerprint density at radius 2 is 2.28 bits per heavy atom. The molecule has 0 saturated carbocycles. The summed E-state index contributed by atoms with van der Waals surface area (Å²) in [7, 11) is 2.01. The third kappa shape index (κ3) is 1.97. The summed E-state index contributed by atoms with van der Waals surface area (Å²) < 4.78 is 1.93. The van der Waals surface area contributed by atoms with Gasteiger partial charge >= 0.3 is 0 Å². The molecule has 100 valence electrons. The first kappa shape index (κ1) is 12.2. The largest absolute Gasteiger partial charge is 0.316 e. The van der Waals surface area contributed by atoms with Crippen molar-refractivity contribution >= 4 is 0 Å². The van der Waals surface area contributed by atoms with E-state index in [4.69, 9.17) is 0 Å². The fourth-order valence-corrected chi connectivity index (χ4v) is 3.88. The van der Waals surface area contributed by atoms with E-state index in [1.165, 1.54) is 37.3 Å². The van der Waals surface area contributed by atoms with Crippen LogP contribution in [0.1, 0.15) is 24.6 Å². The monoisotopic (exact) mass is 248 g/mol. The van der Waals surface area contributed by atoms with Crippen LogP contribution in [0, 0.1) is 18.8 Å². The highest BCUT2D eigenvalue weighted by molar-refractivity contribution is 5.16. The lowest BCUT2D eigenvalue weighted by molar-refractivity contribution is 0.210. The molecule has 1 N–H and O–H groups in total. The molecule has 0 amide bonds. The molecule has 2 aliphatic heterocycles. The van der Waals surface area contributed by atoms with Gasteiger partial charge in [-0.2, -0.15) is 5.10 Å². The maximum atomic E-state index is 4.45. The molecule has 2 fully saturated rings. The number of nitrogens with zero attached hydrogens (tertiary/aromatic N) is 3. The molecular weight excluding hydrogens is 224 g/mol. The predicted octanol–water partition coefficient (Wildman–Crippen LogP) is 1.16. The van der Waals surface area contributed by atoms with Gasteiger partial charge in [0.2, 0.25) is 0 Å². The Hall–Kier alpha value is -0.870. The molecule has 2 aliphatic rings. The zero-order valence-electron chi connectivity index (χ0n) is 11.7. The number of nitrogens with one attached hydrogen (secondary N) is 1. The molecule has 0 bridgehead atoms. The van der Waals surface area contributed by atoms with E-state index >= 15 is 0 Å². The topological polar surface area (TPSA) is 33.1 Å². The van der Waals surface area contributed by atoms with Crippen LogP contribution < -0.4 is 5.32 Å². The van der Waals surface area contributed by atoms with E-state index in [1.54, 1.807) is 0 Å². The van der Waals surface area contributed by atoms with Crippen LogP contribution in [0.25, 0.3) is 0 Å². The van der Waals surface area contributed by atoms with Crippen molar-refractivity contribution < 1.29 is 0 Å². The zero-order valence-corrected chi connectivity index (χ0v) is 11.7. The van der Waals surface area contributed by atoms with Crippen LogP contribution in [0.2, 0.25) is 0 Å². The van der Waals surface area contributed by atoms with Crippen LogP contribution in [0.15, 0.2) is 6.20 Å². The molecule has 2 saturated heterocycles. The van der Waals surface area contributed by atoms with E-state index in [2.05, 4.69) is 35.4 Å². The number of likely N-dealkylation sites (tertiary alicyclic amines) is 1. The summed E-state index contributed by atoms with van der Waals surface area (Å²) in [5, 5.41) is 8.00. The second kappa shape index (κ2) is 4.67. The van der Waals surface area contributed by atoms with Gasteiger partial charge in [-0.25, -0.2) is 0 Å². The van der Waals surface area contributed by atoms with Crippen LogP contribution in [0.5, 0.6) is 0 Å². The summed E-state index contributed by atoms with van der Waals surface area (Å²) in [4.78, 5) is 2.68. The van der Waals surface area contributed by atoms with Gasteiger partial charge in [0.1, 0.15) is 0 Å². The molecule has 3 heterocycles. The predicted molar refractivity (Wildman–Crippen MR) is 72.3 cm³/mol. The molecule has 3 atom stereocenters. The number of rotatable bonds is 3. The Morgan fingerprint density at radius 3 is 2.94 bits per heavy atom. The van der Waals surface area contributed by atoms with Gasteiger partial charge in [-0.1, -0.05) is 6.92 Å². The second-order valence-corrected chi connectivity index (χ2v) is 5.90. The van der Waals surface area contributed by atoms with E-state index in [-0.39, 0.29) is 0 Å². The average Bonchev–Trinajstić information content (AvgIpc) is 2.94. The Balaban J connectivity index is 1.75. The van der Waals surface area contributed by atoms with Gasteiger partial charge in [0, 0.05) is 37.9 Å². The van der Waals surface area contributed by atoms with E-state index < -0.39 is 0 Å². The Labute approximate surface area is 109 Å². The van der Waals surface area contributed by atoms with Crippen molar-refractivity contribution in [3.05, 3.63) is 17.5 Å². The van der Waals surface area contributed by atoms with Crippen molar-refractivity contribution in [2.24, 2.45) is 18.9 Å². The lowest BCUT2D eigenvalue weighted by atomic mass is 9.93. The number of aryl methyl sites for hydroxylation is 2. The highest BCUT2D eigenvalue weighted by atomic mass is 15.3. The minimum absolute atomic E-state index is 0.754. The molecule has 0 aliphatic carbocycles. The van der Waals surface area contributed by atoms with Crippen molar-refractivity contribution in [1.82, 2.24) is 20.0 Å². The van der Waals surface area contributed by atoms with E-state index in [0.29, 0.717) is 0 Å². The molecule has 18 heavy (non-hydrogen) atoms. The standard InChI is InChI=1S/C14H24N4/c1-4-14-13-6-15-5-11(13)8-18(14)9-12-7-17(3)16-10(12)2/h7,11,13-15H,4-6,8-9H2,1-3H3. The Morgan fingerprint density at radius 1 is 1.44 bits per heavy atom. The first-order valence-electron chi connectivity index (χ1n) is 7.13. The number of aromatic nitrogens is 2. The van der Waals surface area contributed by atoms with Crippen molar-refractivity contribution in [3.63, 3.8) is 0 Å². The summed E-state index contributed by atoms with van der Waals surface area (Å²) >= 11 is 0. The maximum absolute atomic E-state index is 4.45. The minimum atomic E-state index is 0.754. The van der Waals surface area contributed by atoms with Crippen LogP contribution in [-0.2, 0) is 13.6 Å². The van der Waals surface area contributed by atoms with Gasteiger partial charge in [0.15, 0.2) is 0 Å². The summed E-state index contributed by atoms with van der Waals surface area (Å²) in [5.41, 5.74) is 2.58. The van der Waals surface area contributed by atoms with Crippen LogP contribution in [0.4, 0.5) is 0 Å². The SMILES string of the molecule is CCC1C2CNCC2CN1Cc1cn(C)nc1C. The lowest BCUT2D eigenvalue weighted by Crippen LogP contribution is -2.34. The normalized spacial score (nSPS) is 32.1. The molecule has 4 heteroatoms. The number of hydrogen-bond donors (Lipinski definition) is 1. The number of hydrogen-bond acceptors (Lipinski definition) is 3. The maximum Gasteiger partial charge on any atom is 0.0638 e. The number of fused-ring (bicyclic) bond motifs is 1. The Kier molecular flexibility index (Phi) is 3.16. The van der Waals surface area contributed by atoms with Crippen LogP contribution in [-0.4, -0.2) is 40.4 Å². The molecule has 3 unspecified atom stereocenters. The van der Waals surface area contributed by atoms with Gasteiger partial charge in [-0.15, -0.1) is 0 Å². The van der Waals surface area contributed by atoms with Crippen molar-refractivity contribution in [2.45, 2.75) is 32.9 Å². The first-order valence-corrected chi connectivity index (χ1v) is 7.13. The van der Waals surface area contributed by atoms with Gasteiger partial charge in [-0.05, 0) is 38.3 Å². The van der Waals surface area contributed by atoms with Crippen LogP contribution in [0.3, 0.4) is 0 Å². The van der Waals surface area contributed by atoms with Crippen molar-refractivity contribution in [3.8, 4) is 0 Å². The molecule has 0 aromatic carbocycles. The zero-order chi connectivity index (χ0) is 12.7. The average molecular weight is 248 g/mol.